The fourth-order valence-corrected chi connectivity index (χ4v) is 1.41. The molecule has 13 heavy (non-hydrogen) atoms. The van der Waals surface area contributed by atoms with Crippen LogP contribution >= 0.6 is 0 Å². The molecule has 1 saturated heterocycles. The highest BCUT2D eigenvalue weighted by Gasteiger charge is 2.26. The van der Waals surface area contributed by atoms with Crippen molar-refractivity contribution in [1.29, 1.82) is 0 Å². The second-order valence-corrected chi connectivity index (χ2v) is 3.08. The number of nitrogens with zero attached hydrogens (tertiary/aromatic N) is 2. The van der Waals surface area contributed by atoms with Crippen LogP contribution in [0.5, 0.6) is 0 Å². The molecule has 1 amide bonds. The molecule has 5 heteroatoms. The van der Waals surface area contributed by atoms with E-state index in [2.05, 4.69) is 9.68 Å². The molecule has 0 spiro atoms. The highest BCUT2D eigenvalue weighted by molar-refractivity contribution is 5.92. The van der Waals surface area contributed by atoms with Gasteiger partial charge in [0.15, 0.2) is 5.69 Å². The normalized spacial score (nSPS) is 22.2. The van der Waals surface area contributed by atoms with Crippen LogP contribution < -0.4 is 0 Å². The van der Waals surface area contributed by atoms with Gasteiger partial charge in [0.25, 0.3) is 5.91 Å². The summed E-state index contributed by atoms with van der Waals surface area (Å²) in [7, 11) is 0. The summed E-state index contributed by atoms with van der Waals surface area (Å²) in [6, 6.07) is 1.52. The minimum Gasteiger partial charge on any atom is -0.391 e. The summed E-state index contributed by atoms with van der Waals surface area (Å²) in [5.74, 6) is -0.176. The average Bonchev–Trinajstić information content (AvgIpc) is 2.72. The number of aliphatic hydroxyl groups is 1. The van der Waals surface area contributed by atoms with Crippen molar-refractivity contribution in [3.05, 3.63) is 18.0 Å². The van der Waals surface area contributed by atoms with Gasteiger partial charge in [0.05, 0.1) is 6.10 Å². The summed E-state index contributed by atoms with van der Waals surface area (Å²) < 4.78 is 4.56. The van der Waals surface area contributed by atoms with Crippen LogP contribution in [-0.2, 0) is 0 Å². The predicted octanol–water partition coefficient (Wildman–Crippen LogP) is -0.119. The molecule has 0 bridgehead atoms. The van der Waals surface area contributed by atoms with Crippen LogP contribution in [0.25, 0.3) is 0 Å². The van der Waals surface area contributed by atoms with Crippen LogP contribution in [0.2, 0.25) is 0 Å². The lowest BCUT2D eigenvalue weighted by Gasteiger charge is -2.12. The summed E-state index contributed by atoms with van der Waals surface area (Å²) in [6.45, 7) is 0.985. The number of aromatic nitrogens is 1. The van der Waals surface area contributed by atoms with Crippen LogP contribution in [-0.4, -0.2) is 40.3 Å². The molecule has 2 heterocycles. The third kappa shape index (κ3) is 1.55. The first-order valence-electron chi connectivity index (χ1n) is 4.15. The van der Waals surface area contributed by atoms with Gasteiger partial charge in [-0.3, -0.25) is 4.79 Å². The van der Waals surface area contributed by atoms with Gasteiger partial charge in [0.1, 0.15) is 6.26 Å². The van der Waals surface area contributed by atoms with E-state index in [4.69, 9.17) is 0 Å². The van der Waals surface area contributed by atoms with Crippen molar-refractivity contribution < 1.29 is 14.4 Å². The standard InChI is InChI=1S/C8H10N2O3/c11-6-1-3-10(5-6)8(12)7-2-4-13-9-7/h2,4,6,11H,1,3,5H2/t6-/m1/s1. The summed E-state index contributed by atoms with van der Waals surface area (Å²) in [5.41, 5.74) is 0.300. The molecule has 0 unspecified atom stereocenters. The van der Waals surface area contributed by atoms with Crippen LogP contribution in [0.15, 0.2) is 16.9 Å². The maximum absolute atomic E-state index is 11.5. The minimum absolute atomic E-state index is 0.176. The summed E-state index contributed by atoms with van der Waals surface area (Å²) >= 11 is 0. The maximum Gasteiger partial charge on any atom is 0.276 e. The van der Waals surface area contributed by atoms with Crippen molar-refractivity contribution in [3.63, 3.8) is 0 Å². The zero-order chi connectivity index (χ0) is 9.26. The molecule has 70 valence electrons. The maximum atomic E-state index is 11.5. The number of amides is 1. The molecular formula is C8H10N2O3. The van der Waals surface area contributed by atoms with Gasteiger partial charge in [-0.1, -0.05) is 5.16 Å². The molecule has 0 aromatic carbocycles. The van der Waals surface area contributed by atoms with Gasteiger partial charge in [0.2, 0.25) is 0 Å². The largest absolute Gasteiger partial charge is 0.391 e. The van der Waals surface area contributed by atoms with E-state index >= 15 is 0 Å². The number of likely N-dealkylation sites (tertiary alicyclic amines) is 1. The fraction of sp³-hybridized carbons (Fsp3) is 0.500. The molecule has 1 aliphatic rings. The van der Waals surface area contributed by atoms with E-state index in [9.17, 15) is 9.90 Å². The van der Waals surface area contributed by atoms with E-state index in [0.717, 1.165) is 0 Å². The van der Waals surface area contributed by atoms with Crippen molar-refractivity contribution >= 4 is 5.91 Å². The summed E-state index contributed by atoms with van der Waals surface area (Å²) in [6.07, 6.45) is 1.61. The summed E-state index contributed by atoms with van der Waals surface area (Å²) in [5, 5.41) is 12.7. The SMILES string of the molecule is O=C(c1ccon1)N1CC[C@@H](O)C1. The van der Waals surface area contributed by atoms with Crippen molar-refractivity contribution in [2.75, 3.05) is 13.1 Å². The van der Waals surface area contributed by atoms with Gasteiger partial charge in [-0.2, -0.15) is 0 Å². The zero-order valence-corrected chi connectivity index (χ0v) is 7.01. The van der Waals surface area contributed by atoms with E-state index < -0.39 is 6.10 Å². The van der Waals surface area contributed by atoms with Crippen LogP contribution in [0.1, 0.15) is 16.9 Å². The number of hydrogen-bond donors (Lipinski definition) is 1. The number of rotatable bonds is 1. The number of carbonyl (C=O) groups is 1. The first-order chi connectivity index (χ1) is 6.27. The third-order valence-electron chi connectivity index (χ3n) is 2.11. The van der Waals surface area contributed by atoms with E-state index in [-0.39, 0.29) is 5.91 Å². The second-order valence-electron chi connectivity index (χ2n) is 3.08. The van der Waals surface area contributed by atoms with Gasteiger partial charge < -0.3 is 14.5 Å². The Balaban J connectivity index is 2.06. The molecule has 2 rings (SSSR count). The lowest BCUT2D eigenvalue weighted by atomic mass is 10.3. The van der Waals surface area contributed by atoms with Crippen molar-refractivity contribution in [2.24, 2.45) is 0 Å². The highest BCUT2D eigenvalue weighted by atomic mass is 16.5. The molecule has 1 atom stereocenters. The molecule has 0 saturated carbocycles. The van der Waals surface area contributed by atoms with Crippen molar-refractivity contribution in [1.82, 2.24) is 10.1 Å². The lowest BCUT2D eigenvalue weighted by molar-refractivity contribution is 0.0755. The lowest BCUT2D eigenvalue weighted by Crippen LogP contribution is -2.29. The van der Waals surface area contributed by atoms with Crippen LogP contribution in [0.4, 0.5) is 0 Å². The Labute approximate surface area is 74.9 Å². The predicted molar refractivity (Wildman–Crippen MR) is 43.0 cm³/mol. The van der Waals surface area contributed by atoms with Gasteiger partial charge in [-0.05, 0) is 6.42 Å². The Morgan fingerprint density at radius 2 is 2.62 bits per heavy atom. The molecular weight excluding hydrogens is 172 g/mol. The smallest absolute Gasteiger partial charge is 0.276 e. The monoisotopic (exact) mass is 182 g/mol. The van der Waals surface area contributed by atoms with E-state index in [1.165, 1.54) is 12.3 Å². The number of carbonyl (C=O) groups excluding carboxylic acids is 1. The summed E-state index contributed by atoms with van der Waals surface area (Å²) in [4.78, 5) is 13.1. The topological polar surface area (TPSA) is 66.6 Å². The number of β-amino-alcohol motifs (C(OH)–C–C–N with tert-alkyl or cyclic N) is 1. The highest BCUT2D eigenvalue weighted by Crippen LogP contribution is 2.11. The first-order valence-corrected chi connectivity index (χ1v) is 4.15. The van der Waals surface area contributed by atoms with Crippen LogP contribution in [0, 0.1) is 0 Å². The Morgan fingerprint density at radius 3 is 3.15 bits per heavy atom. The molecule has 1 N–H and O–H groups in total. The average molecular weight is 182 g/mol. The Morgan fingerprint density at radius 1 is 1.77 bits per heavy atom. The van der Waals surface area contributed by atoms with Crippen molar-refractivity contribution in [2.45, 2.75) is 12.5 Å². The Bertz CT molecular complexity index is 296. The van der Waals surface area contributed by atoms with Gasteiger partial charge in [0, 0.05) is 19.2 Å². The first kappa shape index (κ1) is 8.25. The molecule has 1 aromatic heterocycles. The Hall–Kier alpha value is -1.36. The van der Waals surface area contributed by atoms with Crippen LogP contribution in [0.3, 0.4) is 0 Å². The molecule has 1 aromatic rings. The molecule has 0 radical (unpaired) electrons. The van der Waals surface area contributed by atoms with E-state index in [1.54, 1.807) is 4.90 Å². The zero-order valence-electron chi connectivity index (χ0n) is 7.01. The molecule has 1 fully saturated rings. The van der Waals surface area contributed by atoms with Crippen molar-refractivity contribution in [3.8, 4) is 0 Å². The molecule has 0 aliphatic carbocycles. The van der Waals surface area contributed by atoms with E-state index in [1.807, 2.05) is 0 Å². The number of hydrogen-bond acceptors (Lipinski definition) is 4. The Kier molecular flexibility index (Phi) is 2.02. The number of aliphatic hydroxyl groups excluding tert-OH is 1. The third-order valence-corrected chi connectivity index (χ3v) is 2.11. The van der Waals surface area contributed by atoms with Gasteiger partial charge in [-0.15, -0.1) is 0 Å². The second kappa shape index (κ2) is 3.18. The van der Waals surface area contributed by atoms with Gasteiger partial charge in [-0.25, -0.2) is 0 Å². The fourth-order valence-electron chi connectivity index (χ4n) is 1.41. The molecule has 5 nitrogen and oxygen atoms in total. The minimum atomic E-state index is -0.393. The quantitative estimate of drug-likeness (QED) is 0.657. The molecule has 1 aliphatic heterocycles. The van der Waals surface area contributed by atoms with Gasteiger partial charge >= 0.3 is 0 Å². The van der Waals surface area contributed by atoms with E-state index in [0.29, 0.717) is 25.2 Å².